The van der Waals surface area contributed by atoms with E-state index in [0.717, 1.165) is 35.8 Å². The highest BCUT2D eigenvalue weighted by molar-refractivity contribution is 5.80. The molecular weight excluding hydrogens is 272 g/mol. The van der Waals surface area contributed by atoms with Crippen molar-refractivity contribution in [3.63, 3.8) is 0 Å². The summed E-state index contributed by atoms with van der Waals surface area (Å²) in [5.74, 6) is 0. The minimum atomic E-state index is -0.569. The van der Waals surface area contributed by atoms with Gasteiger partial charge in [-0.1, -0.05) is 75.1 Å². The molecule has 0 aliphatic rings. The number of unbranched alkanes of at least 4 members (excludes halogenated alkanes) is 3. The van der Waals surface area contributed by atoms with Gasteiger partial charge in [0.15, 0.2) is 0 Å². The molecule has 0 radical (unpaired) electrons. The molecule has 1 atom stereocenters. The van der Waals surface area contributed by atoms with Crippen LogP contribution < -0.4 is 0 Å². The quantitative estimate of drug-likeness (QED) is 0.539. The van der Waals surface area contributed by atoms with Crippen LogP contribution in [0.25, 0.3) is 11.1 Å². The van der Waals surface area contributed by atoms with Gasteiger partial charge < -0.3 is 5.11 Å². The Hall–Kier alpha value is -1.93. The average molecular weight is 296 g/mol. The lowest BCUT2D eigenvalue weighted by Gasteiger charge is -2.15. The van der Waals surface area contributed by atoms with Gasteiger partial charge in [0.1, 0.15) is 6.29 Å². The van der Waals surface area contributed by atoms with E-state index in [1.165, 1.54) is 12.8 Å². The van der Waals surface area contributed by atoms with E-state index in [1.807, 2.05) is 42.5 Å². The second kappa shape index (κ2) is 8.50. The zero-order valence-corrected chi connectivity index (χ0v) is 13.2. The van der Waals surface area contributed by atoms with Crippen molar-refractivity contribution in [2.45, 2.75) is 45.1 Å². The summed E-state index contributed by atoms with van der Waals surface area (Å²) in [6.45, 7) is 2.17. The van der Waals surface area contributed by atoms with Crippen molar-refractivity contribution >= 4 is 6.29 Å². The lowest BCUT2D eigenvalue weighted by Crippen LogP contribution is -2.02. The molecule has 0 saturated heterocycles. The summed E-state index contributed by atoms with van der Waals surface area (Å²) in [6.07, 6.45) is 5.46. The van der Waals surface area contributed by atoms with Crippen LogP contribution in [0.4, 0.5) is 0 Å². The molecule has 2 nitrogen and oxygen atoms in total. The molecule has 22 heavy (non-hydrogen) atoms. The zero-order valence-electron chi connectivity index (χ0n) is 13.2. The van der Waals surface area contributed by atoms with Gasteiger partial charge in [-0.05, 0) is 29.2 Å². The first-order chi connectivity index (χ1) is 10.8. The predicted molar refractivity (Wildman–Crippen MR) is 91.0 cm³/mol. The smallest absolute Gasteiger partial charge is 0.150 e. The van der Waals surface area contributed by atoms with Crippen LogP contribution in [0.3, 0.4) is 0 Å². The zero-order chi connectivity index (χ0) is 15.8. The Labute approximate surface area is 132 Å². The molecule has 0 aliphatic heterocycles. The van der Waals surface area contributed by atoms with E-state index in [1.54, 1.807) is 6.07 Å². The van der Waals surface area contributed by atoms with Gasteiger partial charge in [-0.3, -0.25) is 4.79 Å². The van der Waals surface area contributed by atoms with Gasteiger partial charge >= 0.3 is 0 Å². The minimum Gasteiger partial charge on any atom is -0.388 e. The molecule has 116 valence electrons. The standard InChI is InChI=1S/C20H24O2/c1-2-3-4-8-11-20(22)19-14-17(12-13-18(19)15-21)16-9-6-5-7-10-16/h5-7,9-10,12-15,20,22H,2-4,8,11H2,1H3. The van der Waals surface area contributed by atoms with Crippen LogP contribution in [0, 0.1) is 0 Å². The third kappa shape index (κ3) is 4.28. The van der Waals surface area contributed by atoms with E-state index in [-0.39, 0.29) is 0 Å². The van der Waals surface area contributed by atoms with Crippen molar-refractivity contribution in [1.82, 2.24) is 0 Å². The highest BCUT2D eigenvalue weighted by Gasteiger charge is 2.13. The number of carbonyl (C=O) groups excluding carboxylic acids is 1. The van der Waals surface area contributed by atoms with Crippen molar-refractivity contribution < 1.29 is 9.90 Å². The third-order valence-corrected chi connectivity index (χ3v) is 4.01. The molecule has 0 bridgehead atoms. The van der Waals surface area contributed by atoms with Crippen LogP contribution in [0.15, 0.2) is 48.5 Å². The molecule has 0 aromatic heterocycles. The van der Waals surface area contributed by atoms with Crippen LogP contribution in [0.2, 0.25) is 0 Å². The van der Waals surface area contributed by atoms with Gasteiger partial charge in [0.05, 0.1) is 6.10 Å². The Morgan fingerprint density at radius 2 is 1.77 bits per heavy atom. The number of rotatable bonds is 8. The van der Waals surface area contributed by atoms with Crippen molar-refractivity contribution in [2.75, 3.05) is 0 Å². The number of benzene rings is 2. The first kappa shape index (κ1) is 16.4. The molecule has 0 spiro atoms. The SMILES string of the molecule is CCCCCCC(O)c1cc(-c2ccccc2)ccc1C=O. The Morgan fingerprint density at radius 1 is 1.00 bits per heavy atom. The maximum absolute atomic E-state index is 11.2. The molecule has 0 saturated carbocycles. The van der Waals surface area contributed by atoms with Gasteiger partial charge in [-0.25, -0.2) is 0 Å². The number of carbonyl (C=O) groups is 1. The summed E-state index contributed by atoms with van der Waals surface area (Å²) in [4.78, 5) is 11.2. The molecule has 0 heterocycles. The Bertz CT molecular complexity index is 590. The van der Waals surface area contributed by atoms with E-state index in [2.05, 4.69) is 6.92 Å². The molecule has 0 aliphatic carbocycles. The maximum Gasteiger partial charge on any atom is 0.150 e. The molecule has 1 unspecified atom stereocenters. The Morgan fingerprint density at radius 3 is 2.45 bits per heavy atom. The summed E-state index contributed by atoms with van der Waals surface area (Å²) >= 11 is 0. The molecule has 0 amide bonds. The monoisotopic (exact) mass is 296 g/mol. The second-order valence-corrected chi connectivity index (χ2v) is 5.69. The van der Waals surface area contributed by atoms with Crippen molar-refractivity contribution in [3.05, 3.63) is 59.7 Å². The third-order valence-electron chi connectivity index (χ3n) is 4.01. The van der Waals surface area contributed by atoms with Gasteiger partial charge in [-0.2, -0.15) is 0 Å². The molecule has 0 fully saturated rings. The number of hydrogen-bond acceptors (Lipinski definition) is 2. The maximum atomic E-state index is 11.2. The van der Waals surface area contributed by atoms with Gasteiger partial charge in [0, 0.05) is 5.56 Å². The van der Waals surface area contributed by atoms with Crippen molar-refractivity contribution in [2.24, 2.45) is 0 Å². The minimum absolute atomic E-state index is 0.569. The fourth-order valence-corrected chi connectivity index (χ4v) is 2.70. The summed E-state index contributed by atoms with van der Waals surface area (Å²) in [5.41, 5.74) is 3.46. The van der Waals surface area contributed by atoms with E-state index in [4.69, 9.17) is 0 Å². The van der Waals surface area contributed by atoms with Crippen LogP contribution in [0.5, 0.6) is 0 Å². The normalized spacial score (nSPS) is 12.1. The van der Waals surface area contributed by atoms with Gasteiger partial charge in [0.2, 0.25) is 0 Å². The van der Waals surface area contributed by atoms with Gasteiger partial charge in [-0.15, -0.1) is 0 Å². The Kier molecular flexibility index (Phi) is 6.35. The van der Waals surface area contributed by atoms with Crippen LogP contribution in [-0.2, 0) is 0 Å². The lowest BCUT2D eigenvalue weighted by molar-refractivity contribution is 0.111. The number of aliphatic hydroxyl groups excluding tert-OH is 1. The lowest BCUT2D eigenvalue weighted by atomic mass is 9.94. The largest absolute Gasteiger partial charge is 0.388 e. The van der Waals surface area contributed by atoms with E-state index in [9.17, 15) is 9.90 Å². The summed E-state index contributed by atoms with van der Waals surface area (Å²) in [5, 5.41) is 10.4. The van der Waals surface area contributed by atoms with Gasteiger partial charge in [0.25, 0.3) is 0 Å². The summed E-state index contributed by atoms with van der Waals surface area (Å²) in [6, 6.07) is 15.7. The van der Waals surface area contributed by atoms with Crippen molar-refractivity contribution in [3.8, 4) is 11.1 Å². The molecule has 2 aromatic carbocycles. The molecule has 2 rings (SSSR count). The Balaban J connectivity index is 2.19. The average Bonchev–Trinajstić information content (AvgIpc) is 2.58. The second-order valence-electron chi connectivity index (χ2n) is 5.69. The van der Waals surface area contributed by atoms with Crippen LogP contribution in [-0.4, -0.2) is 11.4 Å². The predicted octanol–water partition coefficient (Wildman–Crippen LogP) is 5.17. The highest BCUT2D eigenvalue weighted by Crippen LogP contribution is 2.28. The molecular formula is C20H24O2. The first-order valence-electron chi connectivity index (χ1n) is 8.09. The van der Waals surface area contributed by atoms with Crippen LogP contribution >= 0.6 is 0 Å². The summed E-state index contributed by atoms with van der Waals surface area (Å²) < 4.78 is 0. The summed E-state index contributed by atoms with van der Waals surface area (Å²) in [7, 11) is 0. The fraction of sp³-hybridized carbons (Fsp3) is 0.350. The topological polar surface area (TPSA) is 37.3 Å². The fourth-order valence-electron chi connectivity index (χ4n) is 2.70. The molecule has 1 N–H and O–H groups in total. The number of hydrogen-bond donors (Lipinski definition) is 1. The molecule has 2 heteroatoms. The number of aliphatic hydroxyl groups is 1. The van der Waals surface area contributed by atoms with E-state index >= 15 is 0 Å². The number of aldehydes is 1. The van der Waals surface area contributed by atoms with E-state index in [0.29, 0.717) is 12.0 Å². The first-order valence-corrected chi connectivity index (χ1v) is 8.09. The van der Waals surface area contributed by atoms with Crippen molar-refractivity contribution in [1.29, 1.82) is 0 Å². The van der Waals surface area contributed by atoms with E-state index < -0.39 is 6.10 Å². The highest BCUT2D eigenvalue weighted by atomic mass is 16.3. The molecule has 2 aromatic rings. The van der Waals surface area contributed by atoms with Crippen LogP contribution in [0.1, 0.15) is 61.1 Å².